The number of nitriles is 1. The molecule has 1 unspecified atom stereocenters. The maximum Gasteiger partial charge on any atom is 0.170 e. The zero-order valence-electron chi connectivity index (χ0n) is 7.98. The Bertz CT molecular complexity index is 421. The number of Topliss-reactive ketones (excluding diaryl/α,β-unsaturated/α-hetero) is 1. The summed E-state index contributed by atoms with van der Waals surface area (Å²) in [7, 11) is 0. The highest BCUT2D eigenvalue weighted by Crippen LogP contribution is 2.21. The lowest BCUT2D eigenvalue weighted by molar-refractivity contribution is -0.118. The Kier molecular flexibility index (Phi) is 2.38. The first kappa shape index (κ1) is 9.66. The lowest BCUT2D eigenvalue weighted by Gasteiger charge is -2.16. The summed E-state index contributed by atoms with van der Waals surface area (Å²) in [5.41, 5.74) is 0.780. The van der Waals surface area contributed by atoms with Gasteiger partial charge < -0.3 is 4.90 Å². The summed E-state index contributed by atoms with van der Waals surface area (Å²) in [5.74, 6) is -0.919. The van der Waals surface area contributed by atoms with Crippen LogP contribution in [0.15, 0.2) is 24.3 Å². The molecular formula is C11H9FN2O. The number of nitrogens with zero attached hydrogens (tertiary/aromatic N) is 2. The van der Waals surface area contributed by atoms with Gasteiger partial charge in [-0.25, -0.2) is 4.39 Å². The molecule has 1 atom stereocenters. The van der Waals surface area contributed by atoms with Crippen molar-refractivity contribution >= 4 is 11.5 Å². The second-order valence-corrected chi connectivity index (χ2v) is 3.50. The van der Waals surface area contributed by atoms with Gasteiger partial charge in [-0.3, -0.25) is 4.79 Å². The van der Waals surface area contributed by atoms with Gasteiger partial charge in [0.2, 0.25) is 0 Å². The summed E-state index contributed by atoms with van der Waals surface area (Å²) in [4.78, 5) is 13.1. The molecular weight excluding hydrogens is 195 g/mol. The first-order valence-electron chi connectivity index (χ1n) is 4.63. The molecule has 1 aromatic rings. The third-order valence-corrected chi connectivity index (χ3v) is 2.49. The van der Waals surface area contributed by atoms with Gasteiger partial charge in [0.15, 0.2) is 5.78 Å². The predicted octanol–water partition coefficient (Wildman–Crippen LogP) is 1.35. The smallest absolute Gasteiger partial charge is 0.170 e. The standard InChI is InChI=1S/C11H9FN2O/c12-9-1-3-10(4-2-9)14-6-8(5-13)11(15)7-14/h1-4,8H,6-7H2. The molecule has 2 rings (SSSR count). The van der Waals surface area contributed by atoms with Crippen LogP contribution in [0, 0.1) is 23.1 Å². The molecule has 1 aromatic carbocycles. The van der Waals surface area contributed by atoms with Crippen LogP contribution in [0.2, 0.25) is 0 Å². The topological polar surface area (TPSA) is 44.1 Å². The first-order valence-corrected chi connectivity index (χ1v) is 4.63. The molecule has 1 aliphatic heterocycles. The quantitative estimate of drug-likeness (QED) is 0.693. The third-order valence-electron chi connectivity index (χ3n) is 2.49. The van der Waals surface area contributed by atoms with Gasteiger partial charge in [0.05, 0.1) is 12.6 Å². The minimum Gasteiger partial charge on any atom is -0.362 e. The van der Waals surface area contributed by atoms with Gasteiger partial charge in [0, 0.05) is 12.2 Å². The van der Waals surface area contributed by atoms with Crippen molar-refractivity contribution in [1.29, 1.82) is 5.26 Å². The molecule has 1 heterocycles. The second-order valence-electron chi connectivity index (χ2n) is 3.50. The van der Waals surface area contributed by atoms with Crippen LogP contribution in [-0.2, 0) is 4.79 Å². The molecule has 1 fully saturated rings. The van der Waals surface area contributed by atoms with Crippen LogP contribution in [0.5, 0.6) is 0 Å². The molecule has 76 valence electrons. The molecule has 0 radical (unpaired) electrons. The fraction of sp³-hybridized carbons (Fsp3) is 0.273. The predicted molar refractivity (Wildman–Crippen MR) is 52.7 cm³/mol. The maximum absolute atomic E-state index is 12.7. The van der Waals surface area contributed by atoms with Gasteiger partial charge in [-0.2, -0.15) is 5.26 Å². The van der Waals surface area contributed by atoms with Crippen LogP contribution in [0.3, 0.4) is 0 Å². The lowest BCUT2D eigenvalue weighted by Crippen LogP contribution is -2.19. The van der Waals surface area contributed by atoms with Gasteiger partial charge in [-0.05, 0) is 24.3 Å². The van der Waals surface area contributed by atoms with Gasteiger partial charge in [-0.15, -0.1) is 0 Å². The van der Waals surface area contributed by atoms with Crippen LogP contribution >= 0.6 is 0 Å². The van der Waals surface area contributed by atoms with Crippen molar-refractivity contribution in [3.8, 4) is 6.07 Å². The fourth-order valence-electron chi connectivity index (χ4n) is 1.65. The van der Waals surface area contributed by atoms with Crippen LogP contribution < -0.4 is 4.90 Å². The average molecular weight is 204 g/mol. The van der Waals surface area contributed by atoms with Gasteiger partial charge >= 0.3 is 0 Å². The zero-order valence-corrected chi connectivity index (χ0v) is 7.98. The van der Waals surface area contributed by atoms with E-state index >= 15 is 0 Å². The van der Waals surface area contributed by atoms with Crippen molar-refractivity contribution < 1.29 is 9.18 Å². The average Bonchev–Trinajstić information content (AvgIpc) is 2.61. The van der Waals surface area contributed by atoms with E-state index in [0.717, 1.165) is 5.69 Å². The number of hydrogen-bond donors (Lipinski definition) is 0. The molecule has 3 nitrogen and oxygen atoms in total. The number of carbonyl (C=O) groups excluding carboxylic acids is 1. The van der Waals surface area contributed by atoms with Crippen molar-refractivity contribution in [3.63, 3.8) is 0 Å². The highest BCUT2D eigenvalue weighted by molar-refractivity contribution is 5.91. The van der Waals surface area contributed by atoms with Crippen molar-refractivity contribution in [2.45, 2.75) is 0 Å². The molecule has 0 amide bonds. The highest BCUT2D eigenvalue weighted by atomic mass is 19.1. The Morgan fingerprint density at radius 1 is 1.40 bits per heavy atom. The number of hydrogen-bond acceptors (Lipinski definition) is 3. The largest absolute Gasteiger partial charge is 0.362 e. The van der Waals surface area contributed by atoms with Crippen molar-refractivity contribution in [2.75, 3.05) is 18.0 Å². The fourth-order valence-corrected chi connectivity index (χ4v) is 1.65. The Morgan fingerprint density at radius 2 is 2.07 bits per heavy atom. The first-order chi connectivity index (χ1) is 7.20. The molecule has 0 spiro atoms. The van der Waals surface area contributed by atoms with Crippen LogP contribution in [0.4, 0.5) is 10.1 Å². The molecule has 0 aromatic heterocycles. The second kappa shape index (κ2) is 3.70. The summed E-state index contributed by atoms with van der Waals surface area (Å²) >= 11 is 0. The van der Waals surface area contributed by atoms with Crippen molar-refractivity contribution in [3.05, 3.63) is 30.1 Å². The normalized spacial score (nSPS) is 20.4. The monoisotopic (exact) mass is 204 g/mol. The molecule has 1 saturated heterocycles. The molecule has 0 aliphatic carbocycles. The van der Waals surface area contributed by atoms with E-state index in [9.17, 15) is 9.18 Å². The van der Waals surface area contributed by atoms with Crippen LogP contribution in [0.1, 0.15) is 0 Å². The highest BCUT2D eigenvalue weighted by Gasteiger charge is 2.30. The Hall–Kier alpha value is -1.89. The molecule has 1 aliphatic rings. The van der Waals surface area contributed by atoms with E-state index in [2.05, 4.69) is 0 Å². The summed E-state index contributed by atoms with van der Waals surface area (Å²) in [6, 6.07) is 7.88. The molecule has 15 heavy (non-hydrogen) atoms. The minimum absolute atomic E-state index is 0.0678. The van der Waals surface area contributed by atoms with E-state index < -0.39 is 5.92 Å². The van der Waals surface area contributed by atoms with E-state index in [4.69, 9.17) is 5.26 Å². The molecule has 0 N–H and O–H groups in total. The number of halogens is 1. The summed E-state index contributed by atoms with van der Waals surface area (Å²) in [6.45, 7) is 0.644. The Labute approximate surface area is 86.7 Å². The van der Waals surface area contributed by atoms with E-state index in [1.54, 1.807) is 17.0 Å². The summed E-state index contributed by atoms with van der Waals surface area (Å²) in [5, 5.41) is 8.69. The lowest BCUT2D eigenvalue weighted by atomic mass is 10.1. The molecule has 4 heteroatoms. The molecule has 0 bridgehead atoms. The Balaban J connectivity index is 2.18. The molecule has 0 saturated carbocycles. The summed E-state index contributed by atoms with van der Waals surface area (Å²) < 4.78 is 12.7. The van der Waals surface area contributed by atoms with E-state index in [0.29, 0.717) is 6.54 Å². The number of carbonyl (C=O) groups is 1. The van der Waals surface area contributed by atoms with E-state index in [1.807, 2.05) is 6.07 Å². The van der Waals surface area contributed by atoms with Gasteiger partial charge in [0.1, 0.15) is 11.7 Å². The Morgan fingerprint density at radius 3 is 2.60 bits per heavy atom. The third kappa shape index (κ3) is 1.82. The van der Waals surface area contributed by atoms with Crippen LogP contribution in [-0.4, -0.2) is 18.9 Å². The number of ketones is 1. The SMILES string of the molecule is N#CC1CN(c2ccc(F)cc2)CC1=O. The van der Waals surface area contributed by atoms with Crippen molar-refractivity contribution in [2.24, 2.45) is 5.92 Å². The van der Waals surface area contributed by atoms with Gasteiger partial charge in [0.25, 0.3) is 0 Å². The zero-order chi connectivity index (χ0) is 10.8. The maximum atomic E-state index is 12.7. The number of rotatable bonds is 1. The minimum atomic E-state index is -0.546. The summed E-state index contributed by atoms with van der Waals surface area (Å²) in [6.07, 6.45) is 0. The number of anilines is 1. The van der Waals surface area contributed by atoms with Gasteiger partial charge in [-0.1, -0.05) is 0 Å². The van der Waals surface area contributed by atoms with Crippen molar-refractivity contribution in [1.82, 2.24) is 0 Å². The van der Waals surface area contributed by atoms with E-state index in [1.165, 1.54) is 12.1 Å². The number of benzene rings is 1. The van der Waals surface area contributed by atoms with E-state index in [-0.39, 0.29) is 18.1 Å². The van der Waals surface area contributed by atoms with Crippen LogP contribution in [0.25, 0.3) is 0 Å².